The lowest BCUT2D eigenvalue weighted by atomic mass is 9.90. The summed E-state index contributed by atoms with van der Waals surface area (Å²) in [5.74, 6) is 6.08. The highest BCUT2D eigenvalue weighted by molar-refractivity contribution is 5.21. The van der Waals surface area contributed by atoms with Crippen LogP contribution in [0.5, 0.6) is 0 Å². The summed E-state index contributed by atoms with van der Waals surface area (Å²) in [5.41, 5.74) is 5.11. The number of ether oxygens (including phenoxy) is 1. The van der Waals surface area contributed by atoms with Crippen molar-refractivity contribution in [2.24, 2.45) is 11.8 Å². The van der Waals surface area contributed by atoms with Crippen LogP contribution in [0.2, 0.25) is 0 Å². The molecule has 0 bridgehead atoms. The van der Waals surface area contributed by atoms with Gasteiger partial charge in [-0.15, -0.1) is 0 Å². The number of nitrogens with zero attached hydrogens (tertiary/aromatic N) is 1. The zero-order valence-electron chi connectivity index (χ0n) is 9.65. The Hall–Kier alpha value is -0.970. The van der Waals surface area contributed by atoms with Gasteiger partial charge >= 0.3 is 0 Å². The van der Waals surface area contributed by atoms with Gasteiger partial charge in [0.25, 0.3) is 0 Å². The van der Waals surface area contributed by atoms with Gasteiger partial charge in [-0.25, -0.2) is 0 Å². The maximum absolute atomic E-state index is 5.66. The van der Waals surface area contributed by atoms with Gasteiger partial charge in [0, 0.05) is 18.7 Å². The molecule has 2 heterocycles. The molecule has 0 radical (unpaired) electrons. The summed E-state index contributed by atoms with van der Waals surface area (Å²) in [6.07, 6.45) is 4.07. The number of nitrogens with one attached hydrogen (secondary N) is 1. The highest BCUT2D eigenvalue weighted by Gasteiger charge is 2.26. The minimum atomic E-state index is 0.0986. The molecule has 4 nitrogen and oxygen atoms in total. The van der Waals surface area contributed by atoms with Crippen molar-refractivity contribution in [1.82, 2.24) is 10.4 Å². The highest BCUT2D eigenvalue weighted by Crippen LogP contribution is 2.28. The van der Waals surface area contributed by atoms with Crippen molar-refractivity contribution in [1.29, 1.82) is 0 Å². The fraction of sp³-hybridized carbons (Fsp3) is 0.583. The first-order chi connectivity index (χ1) is 7.83. The predicted octanol–water partition coefficient (Wildman–Crippen LogP) is 1.32. The normalized spacial score (nSPS) is 23.0. The highest BCUT2D eigenvalue weighted by atomic mass is 16.5. The van der Waals surface area contributed by atoms with Crippen molar-refractivity contribution in [2.75, 3.05) is 13.2 Å². The minimum absolute atomic E-state index is 0.0986. The van der Waals surface area contributed by atoms with Crippen LogP contribution in [0.25, 0.3) is 0 Å². The van der Waals surface area contributed by atoms with Crippen molar-refractivity contribution in [3.63, 3.8) is 0 Å². The lowest BCUT2D eigenvalue weighted by Gasteiger charge is -2.30. The van der Waals surface area contributed by atoms with E-state index < -0.39 is 0 Å². The zero-order valence-corrected chi connectivity index (χ0v) is 9.65. The van der Waals surface area contributed by atoms with Crippen LogP contribution >= 0.6 is 0 Å². The molecular weight excluding hydrogens is 202 g/mol. The molecule has 0 amide bonds. The van der Waals surface area contributed by atoms with E-state index in [0.717, 1.165) is 31.7 Å². The summed E-state index contributed by atoms with van der Waals surface area (Å²) in [7, 11) is 0. The number of aryl methyl sites for hydroxylation is 1. The first kappa shape index (κ1) is 11.5. The second-order valence-corrected chi connectivity index (χ2v) is 4.33. The SMILES string of the molecule is Cc1cccnc1C(NN)C1CCCOC1. The average Bonchev–Trinajstić information content (AvgIpc) is 2.34. The Labute approximate surface area is 96.2 Å². The second kappa shape index (κ2) is 5.39. The molecule has 4 heteroatoms. The largest absolute Gasteiger partial charge is 0.381 e. The smallest absolute Gasteiger partial charge is 0.0684 e. The fourth-order valence-corrected chi connectivity index (χ4v) is 2.29. The standard InChI is InChI=1S/C12H19N3O/c1-9-4-2-6-14-11(9)12(15-13)10-5-3-7-16-8-10/h2,4,6,10,12,15H,3,5,7-8,13H2,1H3. The maximum Gasteiger partial charge on any atom is 0.0684 e. The fourth-order valence-electron chi connectivity index (χ4n) is 2.29. The Balaban J connectivity index is 2.18. The number of hydrogen-bond donors (Lipinski definition) is 2. The van der Waals surface area contributed by atoms with Crippen molar-refractivity contribution >= 4 is 0 Å². The predicted molar refractivity (Wildman–Crippen MR) is 62.6 cm³/mol. The van der Waals surface area contributed by atoms with E-state index in [1.54, 1.807) is 0 Å². The topological polar surface area (TPSA) is 60.2 Å². The van der Waals surface area contributed by atoms with E-state index in [-0.39, 0.29) is 6.04 Å². The van der Waals surface area contributed by atoms with E-state index in [4.69, 9.17) is 10.6 Å². The lowest BCUT2D eigenvalue weighted by molar-refractivity contribution is 0.0382. The molecule has 2 rings (SSSR count). The number of hydrogen-bond acceptors (Lipinski definition) is 4. The molecule has 1 aliphatic heterocycles. The van der Waals surface area contributed by atoms with E-state index in [0.29, 0.717) is 5.92 Å². The van der Waals surface area contributed by atoms with Gasteiger partial charge in [-0.05, 0) is 31.4 Å². The molecule has 88 valence electrons. The van der Waals surface area contributed by atoms with Gasteiger partial charge in [0.15, 0.2) is 0 Å². The number of nitrogens with two attached hydrogens (primary N) is 1. The molecule has 3 N–H and O–H groups in total. The summed E-state index contributed by atoms with van der Waals surface area (Å²) in [5, 5.41) is 0. The van der Waals surface area contributed by atoms with Crippen LogP contribution in [0.15, 0.2) is 18.3 Å². The third kappa shape index (κ3) is 2.40. The lowest BCUT2D eigenvalue weighted by Crippen LogP contribution is -2.38. The molecule has 0 aromatic carbocycles. The maximum atomic E-state index is 5.66. The van der Waals surface area contributed by atoms with Gasteiger partial charge in [-0.3, -0.25) is 16.3 Å². The molecule has 0 spiro atoms. The molecule has 1 aliphatic rings. The molecular formula is C12H19N3O. The van der Waals surface area contributed by atoms with E-state index >= 15 is 0 Å². The molecule has 2 atom stereocenters. The van der Waals surface area contributed by atoms with Gasteiger partial charge in [0.05, 0.1) is 18.3 Å². The van der Waals surface area contributed by atoms with Crippen LogP contribution < -0.4 is 11.3 Å². The monoisotopic (exact) mass is 221 g/mol. The van der Waals surface area contributed by atoms with Gasteiger partial charge in [0.1, 0.15) is 0 Å². The first-order valence-electron chi connectivity index (χ1n) is 5.78. The van der Waals surface area contributed by atoms with Gasteiger partial charge in [-0.1, -0.05) is 6.07 Å². The van der Waals surface area contributed by atoms with Crippen molar-refractivity contribution in [2.45, 2.75) is 25.8 Å². The van der Waals surface area contributed by atoms with Crippen molar-refractivity contribution < 1.29 is 4.74 Å². The third-order valence-electron chi connectivity index (χ3n) is 3.19. The van der Waals surface area contributed by atoms with Gasteiger partial charge in [-0.2, -0.15) is 0 Å². The Bertz CT molecular complexity index is 337. The number of rotatable bonds is 3. The second-order valence-electron chi connectivity index (χ2n) is 4.33. The van der Waals surface area contributed by atoms with Gasteiger partial charge < -0.3 is 4.74 Å². The van der Waals surface area contributed by atoms with Crippen molar-refractivity contribution in [3.05, 3.63) is 29.6 Å². The molecule has 0 aliphatic carbocycles. The molecule has 0 saturated carbocycles. The van der Waals surface area contributed by atoms with Crippen LogP contribution in [-0.2, 0) is 4.74 Å². The van der Waals surface area contributed by atoms with E-state index in [1.807, 2.05) is 12.3 Å². The quantitative estimate of drug-likeness (QED) is 0.597. The minimum Gasteiger partial charge on any atom is -0.381 e. The summed E-state index contributed by atoms with van der Waals surface area (Å²) < 4.78 is 5.50. The van der Waals surface area contributed by atoms with E-state index in [1.165, 1.54) is 5.56 Å². The number of aromatic nitrogens is 1. The first-order valence-corrected chi connectivity index (χ1v) is 5.78. The molecule has 1 aromatic rings. The zero-order chi connectivity index (χ0) is 11.4. The van der Waals surface area contributed by atoms with Gasteiger partial charge in [0.2, 0.25) is 0 Å². The number of pyridine rings is 1. The molecule has 2 unspecified atom stereocenters. The Morgan fingerprint density at radius 2 is 2.50 bits per heavy atom. The number of hydrazine groups is 1. The van der Waals surface area contributed by atoms with E-state index in [9.17, 15) is 0 Å². The van der Waals surface area contributed by atoms with Crippen LogP contribution in [-0.4, -0.2) is 18.2 Å². The van der Waals surface area contributed by atoms with Crippen LogP contribution in [0.1, 0.15) is 30.1 Å². The molecule has 16 heavy (non-hydrogen) atoms. The Morgan fingerprint density at radius 3 is 3.12 bits per heavy atom. The van der Waals surface area contributed by atoms with E-state index in [2.05, 4.69) is 23.4 Å². The van der Waals surface area contributed by atoms with Crippen LogP contribution in [0, 0.1) is 12.8 Å². The summed E-state index contributed by atoms with van der Waals surface area (Å²) >= 11 is 0. The Morgan fingerprint density at radius 1 is 1.62 bits per heavy atom. The Kier molecular flexibility index (Phi) is 3.88. The van der Waals surface area contributed by atoms with Crippen LogP contribution in [0.4, 0.5) is 0 Å². The molecule has 1 aromatic heterocycles. The van der Waals surface area contributed by atoms with Crippen molar-refractivity contribution in [3.8, 4) is 0 Å². The third-order valence-corrected chi connectivity index (χ3v) is 3.19. The molecule has 1 fully saturated rings. The molecule has 1 saturated heterocycles. The van der Waals surface area contributed by atoms with Crippen LogP contribution in [0.3, 0.4) is 0 Å². The summed E-state index contributed by atoms with van der Waals surface area (Å²) in [6, 6.07) is 4.11. The summed E-state index contributed by atoms with van der Waals surface area (Å²) in [4.78, 5) is 4.43. The summed E-state index contributed by atoms with van der Waals surface area (Å²) in [6.45, 7) is 3.70. The average molecular weight is 221 g/mol.